The van der Waals surface area contributed by atoms with Crippen molar-refractivity contribution in [2.75, 3.05) is 26.2 Å². The van der Waals surface area contributed by atoms with Crippen LogP contribution in [0.2, 0.25) is 5.02 Å². The average Bonchev–Trinajstić information content (AvgIpc) is 2.93. The molecule has 6 heteroatoms. The lowest BCUT2D eigenvalue weighted by Crippen LogP contribution is -2.48. The molecule has 0 atom stereocenters. The number of thiazole rings is 1. The highest BCUT2D eigenvalue weighted by atomic mass is 35.5. The largest absolute Gasteiger partial charge is 0.336 e. The van der Waals surface area contributed by atoms with Crippen molar-refractivity contribution < 1.29 is 4.79 Å². The van der Waals surface area contributed by atoms with Crippen LogP contribution in [-0.2, 0) is 6.54 Å². The molecule has 1 amide bonds. The molecule has 1 aromatic heterocycles. The molecular formula is C16H18ClN3OS. The van der Waals surface area contributed by atoms with Crippen LogP contribution in [0.4, 0.5) is 0 Å². The van der Waals surface area contributed by atoms with Crippen LogP contribution in [0.15, 0.2) is 29.6 Å². The first-order chi connectivity index (χ1) is 10.6. The number of aryl methyl sites for hydroxylation is 1. The van der Waals surface area contributed by atoms with Gasteiger partial charge in [-0.05, 0) is 31.2 Å². The second-order valence-corrected chi connectivity index (χ2v) is 6.93. The number of halogens is 1. The van der Waals surface area contributed by atoms with Gasteiger partial charge in [0.1, 0.15) is 0 Å². The van der Waals surface area contributed by atoms with Crippen molar-refractivity contribution in [3.63, 3.8) is 0 Å². The first-order valence-corrected chi connectivity index (χ1v) is 8.56. The van der Waals surface area contributed by atoms with Gasteiger partial charge >= 0.3 is 0 Å². The fourth-order valence-corrected chi connectivity index (χ4v) is 3.32. The maximum atomic E-state index is 12.4. The molecule has 0 N–H and O–H groups in total. The number of piperazine rings is 1. The zero-order valence-corrected chi connectivity index (χ0v) is 14.0. The molecule has 0 radical (unpaired) electrons. The Hall–Kier alpha value is -1.43. The molecule has 1 aromatic carbocycles. The molecule has 4 nitrogen and oxygen atoms in total. The van der Waals surface area contributed by atoms with E-state index in [1.54, 1.807) is 35.6 Å². The third kappa shape index (κ3) is 3.66. The Kier molecular flexibility index (Phi) is 4.76. The highest BCUT2D eigenvalue weighted by Crippen LogP contribution is 2.15. The minimum absolute atomic E-state index is 0.0841. The molecular weight excluding hydrogens is 318 g/mol. The zero-order chi connectivity index (χ0) is 15.5. The molecule has 22 heavy (non-hydrogen) atoms. The molecule has 3 rings (SSSR count). The second kappa shape index (κ2) is 6.77. The van der Waals surface area contributed by atoms with Crippen LogP contribution in [0.1, 0.15) is 21.1 Å². The lowest BCUT2D eigenvalue weighted by atomic mass is 10.2. The Morgan fingerprint density at radius 2 is 1.91 bits per heavy atom. The van der Waals surface area contributed by atoms with Gasteiger partial charge in [0.2, 0.25) is 0 Å². The number of hydrogen-bond acceptors (Lipinski definition) is 4. The number of carbonyl (C=O) groups excluding carboxylic acids is 1. The molecule has 0 unspecified atom stereocenters. The highest BCUT2D eigenvalue weighted by molar-refractivity contribution is 7.09. The van der Waals surface area contributed by atoms with E-state index in [9.17, 15) is 4.79 Å². The van der Waals surface area contributed by atoms with E-state index in [2.05, 4.69) is 15.3 Å². The van der Waals surface area contributed by atoms with Crippen molar-refractivity contribution >= 4 is 28.8 Å². The Bertz CT molecular complexity index is 648. The van der Waals surface area contributed by atoms with Crippen molar-refractivity contribution in [3.05, 3.63) is 50.9 Å². The number of hydrogen-bond donors (Lipinski definition) is 0. The summed E-state index contributed by atoms with van der Waals surface area (Å²) >= 11 is 7.55. The minimum Gasteiger partial charge on any atom is -0.336 e. The summed E-state index contributed by atoms with van der Waals surface area (Å²) in [6, 6.07) is 7.09. The fraction of sp³-hybridized carbons (Fsp3) is 0.375. The fourth-order valence-electron chi connectivity index (χ4n) is 2.59. The van der Waals surface area contributed by atoms with Gasteiger partial charge in [0.05, 0.1) is 10.7 Å². The SMILES string of the molecule is Cc1nc(CN2CCN(C(=O)c3ccc(Cl)cc3)CC2)cs1. The molecule has 0 saturated carbocycles. The van der Waals surface area contributed by atoms with Gasteiger partial charge < -0.3 is 4.90 Å². The minimum atomic E-state index is 0.0841. The number of nitrogens with zero attached hydrogens (tertiary/aromatic N) is 3. The summed E-state index contributed by atoms with van der Waals surface area (Å²) in [6.07, 6.45) is 0. The summed E-state index contributed by atoms with van der Waals surface area (Å²) < 4.78 is 0. The lowest BCUT2D eigenvalue weighted by molar-refractivity contribution is 0.0627. The van der Waals surface area contributed by atoms with Gasteiger partial charge in [-0.1, -0.05) is 11.6 Å². The third-order valence-electron chi connectivity index (χ3n) is 3.80. The maximum Gasteiger partial charge on any atom is 0.253 e. The summed E-state index contributed by atoms with van der Waals surface area (Å²) in [5.74, 6) is 0.0841. The van der Waals surface area contributed by atoms with Crippen LogP contribution in [0.3, 0.4) is 0 Å². The van der Waals surface area contributed by atoms with E-state index in [-0.39, 0.29) is 5.91 Å². The van der Waals surface area contributed by atoms with Gasteiger partial charge in [-0.25, -0.2) is 4.98 Å². The standard InChI is InChI=1S/C16H18ClN3OS/c1-12-18-15(11-22-12)10-19-6-8-20(9-7-19)16(21)13-2-4-14(17)5-3-13/h2-5,11H,6-10H2,1H3. The number of aromatic nitrogens is 1. The molecule has 1 fully saturated rings. The van der Waals surface area contributed by atoms with E-state index in [0.717, 1.165) is 43.4 Å². The van der Waals surface area contributed by atoms with Crippen LogP contribution < -0.4 is 0 Å². The van der Waals surface area contributed by atoms with Crippen LogP contribution in [0.5, 0.6) is 0 Å². The third-order valence-corrected chi connectivity index (χ3v) is 4.88. The maximum absolute atomic E-state index is 12.4. The number of carbonyl (C=O) groups is 1. The van der Waals surface area contributed by atoms with Crippen molar-refractivity contribution in [1.29, 1.82) is 0 Å². The van der Waals surface area contributed by atoms with Crippen molar-refractivity contribution in [2.24, 2.45) is 0 Å². The van der Waals surface area contributed by atoms with Crippen LogP contribution in [0, 0.1) is 6.92 Å². The van der Waals surface area contributed by atoms with Gasteiger partial charge in [-0.15, -0.1) is 11.3 Å². The van der Waals surface area contributed by atoms with Gasteiger partial charge in [-0.2, -0.15) is 0 Å². The molecule has 1 aliphatic rings. The highest BCUT2D eigenvalue weighted by Gasteiger charge is 2.22. The van der Waals surface area contributed by atoms with Crippen molar-refractivity contribution in [3.8, 4) is 0 Å². The quantitative estimate of drug-likeness (QED) is 0.865. The lowest BCUT2D eigenvalue weighted by Gasteiger charge is -2.34. The Labute approximate surface area is 139 Å². The van der Waals surface area contributed by atoms with E-state index in [4.69, 9.17) is 11.6 Å². The summed E-state index contributed by atoms with van der Waals surface area (Å²) in [4.78, 5) is 21.2. The second-order valence-electron chi connectivity index (χ2n) is 5.43. The topological polar surface area (TPSA) is 36.4 Å². The molecule has 0 bridgehead atoms. The first kappa shape index (κ1) is 15.5. The Morgan fingerprint density at radius 3 is 2.50 bits per heavy atom. The molecule has 1 aliphatic heterocycles. The average molecular weight is 336 g/mol. The summed E-state index contributed by atoms with van der Waals surface area (Å²) in [5, 5.41) is 3.87. The van der Waals surface area contributed by atoms with E-state index >= 15 is 0 Å². The number of rotatable bonds is 3. The van der Waals surface area contributed by atoms with Crippen molar-refractivity contribution in [1.82, 2.24) is 14.8 Å². The number of benzene rings is 1. The van der Waals surface area contributed by atoms with Crippen LogP contribution in [-0.4, -0.2) is 46.9 Å². The molecule has 2 heterocycles. The van der Waals surface area contributed by atoms with Gasteiger partial charge in [-0.3, -0.25) is 9.69 Å². The van der Waals surface area contributed by atoms with Gasteiger partial charge in [0, 0.05) is 48.7 Å². The van der Waals surface area contributed by atoms with E-state index in [0.29, 0.717) is 10.6 Å². The Morgan fingerprint density at radius 1 is 1.23 bits per heavy atom. The molecule has 0 aliphatic carbocycles. The Balaban J connectivity index is 1.55. The van der Waals surface area contributed by atoms with Crippen LogP contribution in [0.25, 0.3) is 0 Å². The number of amides is 1. The summed E-state index contributed by atoms with van der Waals surface area (Å²) in [7, 11) is 0. The molecule has 1 saturated heterocycles. The van der Waals surface area contributed by atoms with E-state index in [1.165, 1.54) is 0 Å². The molecule has 2 aromatic rings. The molecule has 116 valence electrons. The van der Waals surface area contributed by atoms with Gasteiger partial charge in [0.25, 0.3) is 5.91 Å². The van der Waals surface area contributed by atoms with Crippen LogP contribution >= 0.6 is 22.9 Å². The smallest absolute Gasteiger partial charge is 0.253 e. The van der Waals surface area contributed by atoms with E-state index in [1.807, 2.05) is 11.8 Å². The monoisotopic (exact) mass is 335 g/mol. The predicted molar refractivity (Wildman–Crippen MR) is 89.5 cm³/mol. The summed E-state index contributed by atoms with van der Waals surface area (Å²) in [5.41, 5.74) is 1.83. The van der Waals surface area contributed by atoms with Gasteiger partial charge in [0.15, 0.2) is 0 Å². The zero-order valence-electron chi connectivity index (χ0n) is 12.5. The predicted octanol–water partition coefficient (Wildman–Crippen LogP) is 3.06. The first-order valence-electron chi connectivity index (χ1n) is 7.30. The molecule has 0 spiro atoms. The van der Waals surface area contributed by atoms with E-state index < -0.39 is 0 Å². The summed E-state index contributed by atoms with van der Waals surface area (Å²) in [6.45, 7) is 6.17. The van der Waals surface area contributed by atoms with Crippen molar-refractivity contribution in [2.45, 2.75) is 13.5 Å². The normalized spacial score (nSPS) is 16.0.